The number of halogens is 1. The van der Waals surface area contributed by atoms with Crippen LogP contribution in [0.2, 0.25) is 0 Å². The lowest BCUT2D eigenvalue weighted by atomic mass is 10.00. The van der Waals surface area contributed by atoms with Gasteiger partial charge in [0.05, 0.1) is 5.69 Å². The Morgan fingerprint density at radius 1 is 1.41 bits per heavy atom. The summed E-state index contributed by atoms with van der Waals surface area (Å²) in [6, 6.07) is 4.86. The van der Waals surface area contributed by atoms with Gasteiger partial charge in [-0.3, -0.25) is 0 Å². The fourth-order valence-corrected chi connectivity index (χ4v) is 2.50. The summed E-state index contributed by atoms with van der Waals surface area (Å²) in [6.45, 7) is 2.14. The minimum atomic E-state index is -0.288. The van der Waals surface area contributed by atoms with Crippen LogP contribution < -0.4 is 11.1 Å². The van der Waals surface area contributed by atoms with E-state index in [2.05, 4.69) is 12.2 Å². The van der Waals surface area contributed by atoms with Gasteiger partial charge in [0.15, 0.2) is 0 Å². The number of thiocarbonyl (C=S) groups is 1. The molecule has 0 amide bonds. The van der Waals surface area contributed by atoms with E-state index in [9.17, 15) is 4.39 Å². The van der Waals surface area contributed by atoms with Gasteiger partial charge in [0.2, 0.25) is 0 Å². The van der Waals surface area contributed by atoms with Gasteiger partial charge >= 0.3 is 0 Å². The van der Waals surface area contributed by atoms with E-state index in [0.717, 1.165) is 12.8 Å². The molecule has 4 heteroatoms. The van der Waals surface area contributed by atoms with Crippen LogP contribution in [-0.4, -0.2) is 10.5 Å². The van der Waals surface area contributed by atoms with Crippen LogP contribution in [0.5, 0.6) is 0 Å². The molecule has 0 aliphatic heterocycles. The molecule has 0 spiro atoms. The molecule has 0 unspecified atom stereocenters. The number of rotatable bonds is 3. The van der Waals surface area contributed by atoms with Crippen molar-refractivity contribution in [2.75, 3.05) is 5.32 Å². The second-order valence-corrected chi connectivity index (χ2v) is 5.39. The molecule has 92 valence electrons. The number of nitrogens with two attached hydrogens (primary N) is 1. The van der Waals surface area contributed by atoms with Gasteiger partial charge in [-0.25, -0.2) is 4.39 Å². The van der Waals surface area contributed by atoms with Crippen LogP contribution in [0.15, 0.2) is 18.2 Å². The molecule has 1 aromatic carbocycles. The maximum atomic E-state index is 13.9. The minimum Gasteiger partial charge on any atom is -0.389 e. The number of benzene rings is 1. The lowest BCUT2D eigenvalue weighted by Gasteiger charge is -2.27. The summed E-state index contributed by atoms with van der Waals surface area (Å²) in [5.74, 6) is -0.288. The molecular weight excluding hydrogens is 235 g/mol. The Bertz CT molecular complexity index is 439. The second-order valence-electron chi connectivity index (χ2n) is 4.95. The molecule has 1 fully saturated rings. The van der Waals surface area contributed by atoms with Crippen LogP contribution in [0.25, 0.3) is 0 Å². The first kappa shape index (κ1) is 12.3. The standard InChI is InChI=1S/C13H17FN2S/c1-13(6-2-3-7-13)16-11-5-4-9(12(15)17)8-10(11)14/h4-5,8,16H,2-3,6-7H2,1H3,(H2,15,17). The average Bonchev–Trinajstić information content (AvgIpc) is 2.68. The topological polar surface area (TPSA) is 38.0 Å². The van der Waals surface area contributed by atoms with Gasteiger partial charge in [-0.2, -0.15) is 0 Å². The van der Waals surface area contributed by atoms with E-state index in [4.69, 9.17) is 18.0 Å². The lowest BCUT2D eigenvalue weighted by Crippen LogP contribution is -2.31. The monoisotopic (exact) mass is 252 g/mol. The van der Waals surface area contributed by atoms with Crippen LogP contribution in [0.4, 0.5) is 10.1 Å². The van der Waals surface area contributed by atoms with E-state index in [1.165, 1.54) is 18.9 Å². The molecule has 1 aliphatic carbocycles. The number of hydrogen-bond acceptors (Lipinski definition) is 2. The second kappa shape index (κ2) is 4.61. The molecule has 17 heavy (non-hydrogen) atoms. The molecule has 1 saturated carbocycles. The highest BCUT2D eigenvalue weighted by Crippen LogP contribution is 2.33. The van der Waals surface area contributed by atoms with Crippen LogP contribution in [0.1, 0.15) is 38.2 Å². The molecule has 1 aliphatic rings. The van der Waals surface area contributed by atoms with Crippen molar-refractivity contribution in [1.82, 2.24) is 0 Å². The third kappa shape index (κ3) is 2.75. The predicted molar refractivity (Wildman–Crippen MR) is 72.8 cm³/mol. The lowest BCUT2D eigenvalue weighted by molar-refractivity contribution is 0.525. The Morgan fingerprint density at radius 2 is 2.06 bits per heavy atom. The molecule has 0 heterocycles. The summed E-state index contributed by atoms with van der Waals surface area (Å²) in [5, 5.41) is 3.29. The van der Waals surface area contributed by atoms with Crippen LogP contribution in [0, 0.1) is 5.82 Å². The minimum absolute atomic E-state index is 0.0194. The molecule has 0 bridgehead atoms. The Balaban J connectivity index is 2.19. The first-order chi connectivity index (χ1) is 8.00. The molecule has 0 saturated heterocycles. The van der Waals surface area contributed by atoms with Crippen LogP contribution >= 0.6 is 12.2 Å². The van der Waals surface area contributed by atoms with E-state index in [0.29, 0.717) is 11.3 Å². The van der Waals surface area contributed by atoms with E-state index < -0.39 is 0 Å². The fourth-order valence-electron chi connectivity index (χ4n) is 2.38. The van der Waals surface area contributed by atoms with Crippen molar-refractivity contribution in [1.29, 1.82) is 0 Å². The van der Waals surface area contributed by atoms with Gasteiger partial charge < -0.3 is 11.1 Å². The summed E-state index contributed by atoms with van der Waals surface area (Å²) >= 11 is 4.82. The van der Waals surface area contributed by atoms with Gasteiger partial charge in [-0.1, -0.05) is 25.1 Å². The van der Waals surface area contributed by atoms with Gasteiger partial charge in [0.1, 0.15) is 10.8 Å². The Labute approximate surface area is 106 Å². The smallest absolute Gasteiger partial charge is 0.146 e. The third-order valence-electron chi connectivity index (χ3n) is 3.40. The zero-order chi connectivity index (χ0) is 12.5. The zero-order valence-corrected chi connectivity index (χ0v) is 10.7. The van der Waals surface area contributed by atoms with Crippen molar-refractivity contribution >= 4 is 22.9 Å². The Hall–Kier alpha value is -1.16. The molecule has 0 atom stereocenters. The predicted octanol–water partition coefficient (Wildman–Crippen LogP) is 3.20. The maximum absolute atomic E-state index is 13.9. The molecule has 1 aromatic rings. The highest BCUT2D eigenvalue weighted by molar-refractivity contribution is 7.80. The first-order valence-electron chi connectivity index (χ1n) is 5.88. The number of anilines is 1. The van der Waals surface area contributed by atoms with Crippen molar-refractivity contribution in [2.24, 2.45) is 5.73 Å². The molecule has 3 N–H and O–H groups in total. The Kier molecular flexibility index (Phi) is 3.33. The highest BCUT2D eigenvalue weighted by Gasteiger charge is 2.28. The van der Waals surface area contributed by atoms with Crippen LogP contribution in [-0.2, 0) is 0 Å². The van der Waals surface area contributed by atoms with E-state index >= 15 is 0 Å². The molecule has 0 aromatic heterocycles. The quantitative estimate of drug-likeness (QED) is 0.811. The summed E-state index contributed by atoms with van der Waals surface area (Å²) < 4.78 is 13.9. The molecular formula is C13H17FN2S. The largest absolute Gasteiger partial charge is 0.389 e. The van der Waals surface area contributed by atoms with Gasteiger partial charge in [0.25, 0.3) is 0 Å². The summed E-state index contributed by atoms with van der Waals surface area (Å²) in [4.78, 5) is 0.225. The maximum Gasteiger partial charge on any atom is 0.146 e. The highest BCUT2D eigenvalue weighted by atomic mass is 32.1. The van der Waals surface area contributed by atoms with E-state index in [-0.39, 0.29) is 16.3 Å². The van der Waals surface area contributed by atoms with Gasteiger partial charge in [-0.05, 0) is 38.0 Å². The zero-order valence-electron chi connectivity index (χ0n) is 9.92. The number of hydrogen-bond donors (Lipinski definition) is 2. The van der Waals surface area contributed by atoms with Crippen LogP contribution in [0.3, 0.4) is 0 Å². The van der Waals surface area contributed by atoms with Crippen molar-refractivity contribution in [2.45, 2.75) is 38.1 Å². The number of nitrogens with one attached hydrogen (secondary N) is 1. The van der Waals surface area contributed by atoms with Crippen molar-refractivity contribution in [3.63, 3.8) is 0 Å². The Morgan fingerprint density at radius 3 is 2.59 bits per heavy atom. The van der Waals surface area contributed by atoms with E-state index in [1.54, 1.807) is 12.1 Å². The molecule has 0 radical (unpaired) electrons. The van der Waals surface area contributed by atoms with E-state index in [1.807, 2.05) is 0 Å². The first-order valence-corrected chi connectivity index (χ1v) is 6.29. The fraction of sp³-hybridized carbons (Fsp3) is 0.462. The SMILES string of the molecule is CC1(Nc2ccc(C(N)=S)cc2F)CCCC1. The van der Waals surface area contributed by atoms with Crippen molar-refractivity contribution < 1.29 is 4.39 Å². The summed E-state index contributed by atoms with van der Waals surface area (Å²) in [7, 11) is 0. The molecule has 2 rings (SSSR count). The summed E-state index contributed by atoms with van der Waals surface area (Å²) in [5.41, 5.74) is 6.59. The summed E-state index contributed by atoms with van der Waals surface area (Å²) in [6.07, 6.45) is 4.58. The third-order valence-corrected chi connectivity index (χ3v) is 3.63. The van der Waals surface area contributed by atoms with Crippen molar-refractivity contribution in [3.05, 3.63) is 29.6 Å². The molecule has 2 nitrogen and oxygen atoms in total. The normalized spacial score (nSPS) is 18.0. The van der Waals surface area contributed by atoms with Crippen molar-refractivity contribution in [3.8, 4) is 0 Å². The van der Waals surface area contributed by atoms with Gasteiger partial charge in [0, 0.05) is 11.1 Å². The average molecular weight is 252 g/mol. The van der Waals surface area contributed by atoms with Gasteiger partial charge in [-0.15, -0.1) is 0 Å².